The first-order chi connectivity index (χ1) is 17.3. The molecule has 8 heteroatoms. The van der Waals surface area contributed by atoms with Crippen LogP contribution >= 0.6 is 11.3 Å². The van der Waals surface area contributed by atoms with Crippen molar-refractivity contribution in [3.8, 4) is 0 Å². The lowest BCUT2D eigenvalue weighted by molar-refractivity contribution is 0.0534. The number of thiophene rings is 1. The van der Waals surface area contributed by atoms with Gasteiger partial charge in [0.1, 0.15) is 16.8 Å². The Hall–Kier alpha value is -3.36. The monoisotopic (exact) mass is 506 g/mol. The Morgan fingerprint density at radius 3 is 2.44 bits per heavy atom. The van der Waals surface area contributed by atoms with Gasteiger partial charge in [-0.15, -0.1) is 11.3 Å². The number of nitrogens with two attached hydrogens (primary N) is 1. The van der Waals surface area contributed by atoms with E-state index in [2.05, 4.69) is 0 Å². The van der Waals surface area contributed by atoms with E-state index in [1.54, 1.807) is 22.8 Å². The summed E-state index contributed by atoms with van der Waals surface area (Å²) in [5.41, 5.74) is 7.85. The molecule has 0 spiro atoms. The number of halogens is 1. The molecular formula is C28H31FN4O2S. The van der Waals surface area contributed by atoms with Crippen LogP contribution in [-0.2, 0) is 6.54 Å². The summed E-state index contributed by atoms with van der Waals surface area (Å²) in [6.07, 6.45) is -1.42. The molecule has 0 unspecified atom stereocenters. The van der Waals surface area contributed by atoms with E-state index < -0.39 is 12.2 Å². The standard InChI is InChI=1S/C28H31FN4O2S/c1-18(2)24(32(17-22(29)15-30)27(34)21-11-9-19(3)10-12-21)25-31-26-23(13-14-36-26)28(35)33(25)16-20-7-5-4-6-8-20/h4-14,18,22,24H,15-17,30H2,1-3H3/t22-,24-/m1/s1. The SMILES string of the molecule is Cc1ccc(C(=O)N(C[C@H](F)CN)[C@@H](c2nc3sccc3c(=O)n2Cc2ccccc2)C(C)C)cc1. The van der Waals surface area contributed by atoms with Crippen LogP contribution in [0.2, 0.25) is 0 Å². The van der Waals surface area contributed by atoms with Crippen molar-refractivity contribution in [1.82, 2.24) is 14.5 Å². The van der Waals surface area contributed by atoms with E-state index in [0.29, 0.717) is 28.1 Å². The highest BCUT2D eigenvalue weighted by Crippen LogP contribution is 2.31. The fourth-order valence-corrected chi connectivity index (χ4v) is 5.14. The molecule has 0 aliphatic rings. The van der Waals surface area contributed by atoms with E-state index in [9.17, 15) is 14.0 Å². The summed E-state index contributed by atoms with van der Waals surface area (Å²) in [6, 6.07) is 17.9. The molecule has 2 aromatic heterocycles. The molecule has 1 amide bonds. The van der Waals surface area contributed by atoms with Crippen LogP contribution in [0.4, 0.5) is 4.39 Å². The summed E-state index contributed by atoms with van der Waals surface area (Å²) >= 11 is 1.37. The Morgan fingerprint density at radius 1 is 1.11 bits per heavy atom. The lowest BCUT2D eigenvalue weighted by Crippen LogP contribution is -2.45. The highest BCUT2D eigenvalue weighted by molar-refractivity contribution is 7.16. The maximum atomic E-state index is 14.8. The summed E-state index contributed by atoms with van der Waals surface area (Å²) in [4.78, 5) is 34.4. The molecule has 2 aromatic carbocycles. The highest BCUT2D eigenvalue weighted by atomic mass is 32.1. The topological polar surface area (TPSA) is 81.2 Å². The van der Waals surface area contributed by atoms with Crippen LogP contribution in [0.1, 0.15) is 47.2 Å². The second kappa shape index (κ2) is 11.1. The Morgan fingerprint density at radius 2 is 1.81 bits per heavy atom. The molecule has 4 rings (SSSR count). The van der Waals surface area contributed by atoms with Gasteiger partial charge in [-0.1, -0.05) is 61.9 Å². The van der Waals surface area contributed by atoms with Crippen molar-refractivity contribution in [2.24, 2.45) is 11.7 Å². The average Bonchev–Trinajstić information content (AvgIpc) is 3.35. The minimum Gasteiger partial charge on any atom is -0.328 e. The van der Waals surface area contributed by atoms with Gasteiger partial charge in [0.2, 0.25) is 0 Å². The zero-order valence-corrected chi connectivity index (χ0v) is 21.5. The van der Waals surface area contributed by atoms with Gasteiger partial charge in [0.05, 0.1) is 24.5 Å². The Labute approximate surface area is 214 Å². The molecule has 0 aliphatic carbocycles. The quantitative estimate of drug-likeness (QED) is 0.348. The van der Waals surface area contributed by atoms with Crippen LogP contribution < -0.4 is 11.3 Å². The van der Waals surface area contributed by atoms with Crippen molar-refractivity contribution in [3.05, 3.63) is 98.9 Å². The zero-order valence-electron chi connectivity index (χ0n) is 20.7. The van der Waals surface area contributed by atoms with Gasteiger partial charge >= 0.3 is 0 Å². The fourth-order valence-electron chi connectivity index (χ4n) is 4.38. The van der Waals surface area contributed by atoms with Gasteiger partial charge in [0, 0.05) is 12.1 Å². The van der Waals surface area contributed by atoms with E-state index in [4.69, 9.17) is 10.7 Å². The lowest BCUT2D eigenvalue weighted by atomic mass is 9.98. The summed E-state index contributed by atoms with van der Waals surface area (Å²) in [7, 11) is 0. The molecule has 0 aliphatic heterocycles. The van der Waals surface area contributed by atoms with E-state index >= 15 is 0 Å². The number of aryl methyl sites for hydroxylation is 1. The molecule has 0 saturated carbocycles. The Kier molecular flexibility index (Phi) is 7.96. The summed E-state index contributed by atoms with van der Waals surface area (Å²) < 4.78 is 16.4. The van der Waals surface area contributed by atoms with Gasteiger partial charge < -0.3 is 10.6 Å². The molecule has 36 heavy (non-hydrogen) atoms. The molecule has 0 radical (unpaired) electrons. The molecule has 2 atom stereocenters. The third-order valence-corrected chi connectivity index (χ3v) is 7.04. The normalized spacial score (nSPS) is 13.2. The summed E-state index contributed by atoms with van der Waals surface area (Å²) in [6.45, 7) is 5.73. The largest absolute Gasteiger partial charge is 0.328 e. The van der Waals surface area contributed by atoms with E-state index in [1.807, 2.05) is 68.6 Å². The van der Waals surface area contributed by atoms with Gasteiger partial charge in [0.15, 0.2) is 0 Å². The molecule has 2 heterocycles. The maximum Gasteiger partial charge on any atom is 0.262 e. The van der Waals surface area contributed by atoms with Crippen LogP contribution in [0, 0.1) is 12.8 Å². The minimum absolute atomic E-state index is 0.157. The van der Waals surface area contributed by atoms with Gasteiger partial charge in [-0.05, 0) is 42.0 Å². The van der Waals surface area contributed by atoms with Crippen molar-refractivity contribution in [3.63, 3.8) is 0 Å². The number of hydrogen-bond donors (Lipinski definition) is 1. The molecule has 0 saturated heterocycles. The van der Waals surface area contributed by atoms with Crippen molar-refractivity contribution in [2.75, 3.05) is 13.1 Å². The first-order valence-electron chi connectivity index (χ1n) is 12.0. The van der Waals surface area contributed by atoms with E-state index in [-0.39, 0.29) is 30.5 Å². The zero-order chi connectivity index (χ0) is 25.8. The number of rotatable bonds is 9. The van der Waals surface area contributed by atoms with Crippen molar-refractivity contribution < 1.29 is 9.18 Å². The average molecular weight is 507 g/mol. The number of carbonyl (C=O) groups is 1. The number of aromatic nitrogens is 2. The third kappa shape index (κ3) is 5.39. The Bertz CT molecular complexity index is 1380. The number of alkyl halides is 1. The van der Waals surface area contributed by atoms with Gasteiger partial charge in [0.25, 0.3) is 11.5 Å². The predicted octanol–water partition coefficient (Wildman–Crippen LogP) is 4.95. The van der Waals surface area contributed by atoms with Crippen molar-refractivity contribution in [2.45, 2.75) is 39.5 Å². The third-order valence-electron chi connectivity index (χ3n) is 6.24. The first kappa shape index (κ1) is 25.7. The van der Waals surface area contributed by atoms with E-state index in [0.717, 1.165) is 11.1 Å². The number of hydrogen-bond acceptors (Lipinski definition) is 5. The minimum atomic E-state index is -1.42. The van der Waals surface area contributed by atoms with Crippen LogP contribution in [0.25, 0.3) is 10.2 Å². The number of amides is 1. The highest BCUT2D eigenvalue weighted by Gasteiger charge is 2.34. The fraction of sp³-hybridized carbons (Fsp3) is 0.321. The second-order valence-corrected chi connectivity index (χ2v) is 10.2. The molecule has 188 valence electrons. The van der Waals surface area contributed by atoms with Crippen molar-refractivity contribution >= 4 is 27.5 Å². The smallest absolute Gasteiger partial charge is 0.262 e. The van der Waals surface area contributed by atoms with Gasteiger partial charge in [-0.3, -0.25) is 14.2 Å². The molecule has 0 fully saturated rings. The van der Waals surface area contributed by atoms with Crippen LogP contribution in [-0.4, -0.2) is 39.6 Å². The maximum absolute atomic E-state index is 14.8. The molecule has 4 aromatic rings. The molecule has 2 N–H and O–H groups in total. The number of carbonyl (C=O) groups excluding carboxylic acids is 1. The summed E-state index contributed by atoms with van der Waals surface area (Å²) in [5, 5.41) is 2.37. The number of benzene rings is 2. The first-order valence-corrected chi connectivity index (χ1v) is 12.9. The van der Waals surface area contributed by atoms with Crippen molar-refractivity contribution in [1.29, 1.82) is 0 Å². The van der Waals surface area contributed by atoms with Crippen LogP contribution in [0.15, 0.2) is 70.8 Å². The number of fused-ring (bicyclic) bond motifs is 1. The molecule has 0 bridgehead atoms. The van der Waals surface area contributed by atoms with Crippen LogP contribution in [0.5, 0.6) is 0 Å². The summed E-state index contributed by atoms with van der Waals surface area (Å²) in [5.74, 6) is -0.0363. The van der Waals surface area contributed by atoms with Crippen LogP contribution in [0.3, 0.4) is 0 Å². The predicted molar refractivity (Wildman–Crippen MR) is 143 cm³/mol. The Balaban J connectivity index is 1.90. The van der Waals surface area contributed by atoms with Gasteiger partial charge in [-0.25, -0.2) is 9.37 Å². The van der Waals surface area contributed by atoms with E-state index in [1.165, 1.54) is 16.2 Å². The lowest BCUT2D eigenvalue weighted by Gasteiger charge is -2.36. The second-order valence-electron chi connectivity index (χ2n) is 9.33. The molecular weight excluding hydrogens is 475 g/mol. The number of nitrogens with zero attached hydrogens (tertiary/aromatic N) is 3. The molecule has 6 nitrogen and oxygen atoms in total. The van der Waals surface area contributed by atoms with Gasteiger partial charge in [-0.2, -0.15) is 0 Å².